The van der Waals surface area contributed by atoms with Gasteiger partial charge in [-0.1, -0.05) is 97.9 Å². The molecule has 6 rings (SSSR count). The van der Waals surface area contributed by atoms with Crippen LogP contribution in [0.25, 0.3) is 17.2 Å². The SMILES string of the molecule is CCCN(OCC)C(=O)C1=Cc2ncc(-c3cnn(CC(=O)OC)c3)cc2NC(=NC(c2ccccc2)(c2ccccc2)c2ccccc2)C1. The van der Waals surface area contributed by atoms with Gasteiger partial charge in [0.05, 0.1) is 31.3 Å². The minimum absolute atomic E-state index is 0.00718. The Morgan fingerprint density at radius 2 is 1.52 bits per heavy atom. The quantitative estimate of drug-likeness (QED) is 0.0875. The lowest BCUT2D eigenvalue weighted by molar-refractivity contribution is -0.180. The fraction of sp³-hybridized carbons (Fsp3) is 0.225. The van der Waals surface area contributed by atoms with Crippen molar-refractivity contribution in [1.29, 1.82) is 0 Å². The van der Waals surface area contributed by atoms with Crippen LogP contribution in [-0.2, 0) is 31.2 Å². The van der Waals surface area contributed by atoms with Crippen LogP contribution in [0.1, 0.15) is 49.1 Å². The molecule has 10 nitrogen and oxygen atoms in total. The molecule has 3 aromatic carbocycles. The predicted molar refractivity (Wildman–Crippen MR) is 194 cm³/mol. The van der Waals surface area contributed by atoms with E-state index in [1.54, 1.807) is 18.6 Å². The average molecular weight is 669 g/mol. The third kappa shape index (κ3) is 7.25. The summed E-state index contributed by atoms with van der Waals surface area (Å²) in [6.07, 6.45) is 7.93. The third-order valence-electron chi connectivity index (χ3n) is 8.44. The molecule has 0 unspecified atom stereocenters. The van der Waals surface area contributed by atoms with Crippen LogP contribution in [0.4, 0.5) is 5.69 Å². The Morgan fingerprint density at radius 1 is 0.900 bits per heavy atom. The van der Waals surface area contributed by atoms with Gasteiger partial charge in [-0.05, 0) is 42.2 Å². The fourth-order valence-electron chi connectivity index (χ4n) is 6.12. The first-order valence-electron chi connectivity index (χ1n) is 16.7. The summed E-state index contributed by atoms with van der Waals surface area (Å²) in [7, 11) is 1.35. The van der Waals surface area contributed by atoms with Crippen molar-refractivity contribution in [1.82, 2.24) is 19.8 Å². The lowest BCUT2D eigenvalue weighted by Crippen LogP contribution is -2.34. The maximum Gasteiger partial charge on any atom is 0.327 e. The maximum absolute atomic E-state index is 14.1. The van der Waals surface area contributed by atoms with Gasteiger partial charge in [0.2, 0.25) is 0 Å². The summed E-state index contributed by atoms with van der Waals surface area (Å²) in [6.45, 7) is 4.67. The summed E-state index contributed by atoms with van der Waals surface area (Å²) in [6, 6.07) is 32.5. The van der Waals surface area contributed by atoms with Gasteiger partial charge in [-0.2, -0.15) is 5.10 Å². The first kappa shape index (κ1) is 34.0. The minimum atomic E-state index is -0.964. The Morgan fingerprint density at radius 3 is 2.08 bits per heavy atom. The van der Waals surface area contributed by atoms with E-state index in [-0.39, 0.29) is 18.9 Å². The molecule has 0 radical (unpaired) electrons. The minimum Gasteiger partial charge on any atom is -0.468 e. The molecule has 0 spiro atoms. The molecule has 5 aromatic rings. The number of carbonyl (C=O) groups is 2. The highest BCUT2D eigenvalue weighted by atomic mass is 16.7. The Balaban J connectivity index is 1.54. The van der Waals surface area contributed by atoms with Crippen molar-refractivity contribution in [3.8, 4) is 11.1 Å². The Labute approximate surface area is 292 Å². The van der Waals surface area contributed by atoms with Gasteiger partial charge >= 0.3 is 5.97 Å². The van der Waals surface area contributed by atoms with E-state index in [1.807, 2.05) is 80.6 Å². The molecule has 2 aromatic heterocycles. The number of amides is 1. The first-order chi connectivity index (χ1) is 24.4. The van der Waals surface area contributed by atoms with Gasteiger partial charge < -0.3 is 10.1 Å². The molecule has 1 amide bonds. The number of hydrogen-bond acceptors (Lipinski definition) is 7. The van der Waals surface area contributed by atoms with Crippen molar-refractivity contribution >= 4 is 29.5 Å². The molecular weight excluding hydrogens is 628 g/mol. The largest absolute Gasteiger partial charge is 0.468 e. The van der Waals surface area contributed by atoms with Gasteiger partial charge in [0.25, 0.3) is 5.91 Å². The van der Waals surface area contributed by atoms with Crippen molar-refractivity contribution in [3.05, 3.63) is 144 Å². The van der Waals surface area contributed by atoms with Crippen molar-refractivity contribution in [2.45, 2.75) is 38.8 Å². The molecule has 0 fully saturated rings. The van der Waals surface area contributed by atoms with E-state index in [9.17, 15) is 9.59 Å². The number of amidine groups is 1. The summed E-state index contributed by atoms with van der Waals surface area (Å²) >= 11 is 0. The van der Waals surface area contributed by atoms with Gasteiger partial charge in [-0.25, -0.2) is 5.06 Å². The number of anilines is 1. The number of nitrogens with one attached hydrogen (secondary N) is 1. The lowest BCUT2D eigenvalue weighted by atomic mass is 9.77. The van der Waals surface area contributed by atoms with E-state index in [2.05, 4.69) is 46.8 Å². The molecule has 0 saturated heterocycles. The Hall–Kier alpha value is -5.87. The topological polar surface area (TPSA) is 111 Å². The molecule has 0 atom stereocenters. The van der Waals surface area contributed by atoms with Crippen molar-refractivity contribution < 1.29 is 19.2 Å². The Bertz CT molecular complexity index is 1890. The Kier molecular flexibility index (Phi) is 10.6. The van der Waals surface area contributed by atoms with Crippen molar-refractivity contribution in [2.75, 3.05) is 25.6 Å². The number of methoxy groups -OCH3 is 1. The van der Waals surface area contributed by atoms with Crippen LogP contribution in [-0.4, -0.2) is 57.8 Å². The number of benzene rings is 3. The molecule has 1 aliphatic rings. The highest BCUT2D eigenvalue weighted by molar-refractivity contribution is 6.10. The number of aromatic nitrogens is 3. The molecule has 0 saturated carbocycles. The number of hydroxylamine groups is 2. The second-order valence-electron chi connectivity index (χ2n) is 11.8. The van der Waals surface area contributed by atoms with Crippen LogP contribution < -0.4 is 5.32 Å². The monoisotopic (exact) mass is 668 g/mol. The highest BCUT2D eigenvalue weighted by Gasteiger charge is 2.37. The van der Waals surface area contributed by atoms with E-state index in [0.717, 1.165) is 34.2 Å². The number of rotatable bonds is 12. The molecule has 10 heteroatoms. The zero-order chi connectivity index (χ0) is 34.9. The molecule has 0 bridgehead atoms. The number of ether oxygens (including phenoxy) is 1. The molecular formula is C40H40N6O4. The summed E-state index contributed by atoms with van der Waals surface area (Å²) in [5.74, 6) is -0.0589. The number of esters is 1. The van der Waals surface area contributed by atoms with Crippen LogP contribution in [0.5, 0.6) is 0 Å². The van der Waals surface area contributed by atoms with Gasteiger partial charge in [0.15, 0.2) is 0 Å². The van der Waals surface area contributed by atoms with E-state index in [4.69, 9.17) is 19.6 Å². The zero-order valence-corrected chi connectivity index (χ0v) is 28.5. The second kappa shape index (κ2) is 15.6. The van der Waals surface area contributed by atoms with Crippen LogP contribution in [0, 0.1) is 0 Å². The molecule has 3 heterocycles. The number of pyridine rings is 1. The summed E-state index contributed by atoms with van der Waals surface area (Å²) < 4.78 is 6.32. The molecule has 50 heavy (non-hydrogen) atoms. The van der Waals surface area contributed by atoms with Crippen molar-refractivity contribution in [3.63, 3.8) is 0 Å². The maximum atomic E-state index is 14.1. The fourth-order valence-corrected chi connectivity index (χ4v) is 6.12. The van der Waals surface area contributed by atoms with Crippen molar-refractivity contribution in [2.24, 2.45) is 4.99 Å². The van der Waals surface area contributed by atoms with E-state index < -0.39 is 11.5 Å². The predicted octanol–water partition coefficient (Wildman–Crippen LogP) is 6.90. The first-order valence-corrected chi connectivity index (χ1v) is 16.7. The smallest absolute Gasteiger partial charge is 0.327 e. The van der Waals surface area contributed by atoms with Gasteiger partial charge in [-0.15, -0.1) is 0 Å². The summed E-state index contributed by atoms with van der Waals surface area (Å²) in [5.41, 5.74) is 5.25. The number of hydrogen-bond donors (Lipinski definition) is 1. The number of aliphatic imine (C=N–C) groups is 1. The number of nitrogens with zero attached hydrogens (tertiary/aromatic N) is 5. The van der Waals surface area contributed by atoms with E-state index in [0.29, 0.717) is 35.9 Å². The van der Waals surface area contributed by atoms with E-state index >= 15 is 0 Å². The highest BCUT2D eigenvalue weighted by Crippen LogP contribution is 2.42. The molecule has 0 aliphatic carbocycles. The number of carbonyl (C=O) groups excluding carboxylic acids is 2. The normalized spacial score (nSPS) is 13.5. The van der Waals surface area contributed by atoms with Crippen LogP contribution in [0.15, 0.2) is 126 Å². The van der Waals surface area contributed by atoms with Gasteiger partial charge in [0.1, 0.15) is 17.9 Å². The molecule has 1 N–H and O–H groups in total. The van der Waals surface area contributed by atoms with Crippen LogP contribution in [0.3, 0.4) is 0 Å². The van der Waals surface area contributed by atoms with E-state index in [1.165, 1.54) is 16.9 Å². The zero-order valence-electron chi connectivity index (χ0n) is 28.5. The molecule has 254 valence electrons. The standard InChI is InChI=1S/C40H40N6O4/c1-4-21-46(50-5-2)39(48)29-22-35-36(23-30(25-41-35)31-26-42-45(27-31)28-38(47)49-3)43-37(24-29)44-40(32-15-9-6-10-16-32,33-17-11-7-12-18-33)34-19-13-8-14-20-34/h6-20,22-23,25-27H,4-5,21,24,28H2,1-3H3,(H,43,44). The summed E-state index contributed by atoms with van der Waals surface area (Å²) in [5, 5.41) is 9.35. The number of fused-ring (bicyclic) bond motifs is 1. The average Bonchev–Trinajstić information content (AvgIpc) is 3.54. The molecule has 1 aliphatic heterocycles. The van der Waals surface area contributed by atoms with Gasteiger partial charge in [0, 0.05) is 42.1 Å². The van der Waals surface area contributed by atoms with Gasteiger partial charge in [-0.3, -0.25) is 29.1 Å². The summed E-state index contributed by atoms with van der Waals surface area (Å²) in [4.78, 5) is 42.2. The third-order valence-corrected chi connectivity index (χ3v) is 8.44. The van der Waals surface area contributed by atoms with Crippen LogP contribution >= 0.6 is 0 Å². The lowest BCUT2D eigenvalue weighted by Gasteiger charge is -2.33. The van der Waals surface area contributed by atoms with Crippen LogP contribution in [0.2, 0.25) is 0 Å². The second-order valence-corrected chi connectivity index (χ2v) is 11.8.